The molecule has 0 aromatic carbocycles. The zero-order valence-electron chi connectivity index (χ0n) is 13.7. The Morgan fingerprint density at radius 1 is 1.22 bits per heavy atom. The molecule has 2 rings (SSSR count). The molecule has 23 heavy (non-hydrogen) atoms. The number of halogens is 3. The number of aromatic nitrogens is 2. The zero-order valence-corrected chi connectivity index (χ0v) is 13.7. The third kappa shape index (κ3) is 4.80. The fourth-order valence-corrected chi connectivity index (χ4v) is 3.30. The normalized spacial score (nSPS) is 17.7. The van der Waals surface area contributed by atoms with Gasteiger partial charge in [0.15, 0.2) is 0 Å². The molecule has 1 aliphatic heterocycles. The summed E-state index contributed by atoms with van der Waals surface area (Å²) in [5.74, 6) is 0.571. The summed E-state index contributed by atoms with van der Waals surface area (Å²) in [5.41, 5.74) is -0.907. The number of hydrogen-bond acceptors (Lipinski definition) is 4. The maximum Gasteiger partial charge on any atom is 0.433 e. The lowest BCUT2D eigenvalue weighted by Gasteiger charge is -2.33. The Morgan fingerprint density at radius 3 is 2.43 bits per heavy atom. The molecule has 0 saturated carbocycles. The SMILES string of the molecule is CCC(CC)[C@H](CNc1nccc(C(F)(F)F)n1)N1CCCC1. The predicted molar refractivity (Wildman–Crippen MR) is 84.2 cm³/mol. The number of hydrogen-bond donors (Lipinski definition) is 1. The van der Waals surface area contributed by atoms with Crippen LogP contribution in [0.2, 0.25) is 0 Å². The Bertz CT molecular complexity index is 480. The number of nitrogens with zero attached hydrogens (tertiary/aromatic N) is 3. The molecule has 4 nitrogen and oxygen atoms in total. The minimum absolute atomic E-state index is 0.0509. The highest BCUT2D eigenvalue weighted by molar-refractivity contribution is 5.26. The molecule has 1 aromatic heterocycles. The van der Waals surface area contributed by atoms with Crippen molar-refractivity contribution in [3.63, 3.8) is 0 Å². The van der Waals surface area contributed by atoms with Crippen LogP contribution in [0.1, 0.15) is 45.2 Å². The van der Waals surface area contributed by atoms with Crippen molar-refractivity contribution in [2.45, 2.75) is 51.7 Å². The number of nitrogens with one attached hydrogen (secondary N) is 1. The largest absolute Gasteiger partial charge is 0.433 e. The Balaban J connectivity index is 2.05. The van der Waals surface area contributed by atoms with Crippen molar-refractivity contribution in [2.75, 3.05) is 25.0 Å². The van der Waals surface area contributed by atoms with Crippen LogP contribution in [0.4, 0.5) is 19.1 Å². The Morgan fingerprint density at radius 2 is 1.87 bits per heavy atom. The van der Waals surface area contributed by atoms with E-state index in [2.05, 4.69) is 34.0 Å². The van der Waals surface area contributed by atoms with E-state index in [1.807, 2.05) is 0 Å². The van der Waals surface area contributed by atoms with Gasteiger partial charge in [-0.2, -0.15) is 13.2 Å². The van der Waals surface area contributed by atoms with Gasteiger partial charge in [-0.3, -0.25) is 4.90 Å². The second-order valence-corrected chi connectivity index (χ2v) is 6.03. The smallest absolute Gasteiger partial charge is 0.353 e. The van der Waals surface area contributed by atoms with Crippen LogP contribution in [0.25, 0.3) is 0 Å². The van der Waals surface area contributed by atoms with Gasteiger partial charge in [0.2, 0.25) is 5.95 Å². The van der Waals surface area contributed by atoms with Crippen LogP contribution < -0.4 is 5.32 Å². The maximum absolute atomic E-state index is 12.7. The summed E-state index contributed by atoms with van der Waals surface area (Å²) in [7, 11) is 0. The molecule has 130 valence electrons. The van der Waals surface area contributed by atoms with Gasteiger partial charge in [0.05, 0.1) is 0 Å². The maximum atomic E-state index is 12.7. The summed E-state index contributed by atoms with van der Waals surface area (Å²) in [6, 6.07) is 1.20. The van der Waals surface area contributed by atoms with E-state index >= 15 is 0 Å². The predicted octanol–water partition coefficient (Wildman–Crippen LogP) is 3.81. The lowest BCUT2D eigenvalue weighted by Crippen LogP contribution is -2.43. The summed E-state index contributed by atoms with van der Waals surface area (Å²) in [5, 5.41) is 3.02. The quantitative estimate of drug-likeness (QED) is 0.825. The Labute approximate surface area is 135 Å². The highest BCUT2D eigenvalue weighted by atomic mass is 19.4. The summed E-state index contributed by atoms with van der Waals surface area (Å²) < 4.78 is 38.2. The van der Waals surface area contributed by atoms with Crippen LogP contribution in [0.15, 0.2) is 12.3 Å². The first-order chi connectivity index (χ1) is 11.0. The van der Waals surface area contributed by atoms with Gasteiger partial charge >= 0.3 is 6.18 Å². The van der Waals surface area contributed by atoms with Crippen LogP contribution in [0.5, 0.6) is 0 Å². The Hall–Kier alpha value is -1.37. The van der Waals surface area contributed by atoms with Crippen LogP contribution in [0, 0.1) is 5.92 Å². The van der Waals surface area contributed by atoms with E-state index in [9.17, 15) is 13.2 Å². The van der Waals surface area contributed by atoms with Crippen molar-refractivity contribution in [3.8, 4) is 0 Å². The van der Waals surface area contributed by atoms with Gasteiger partial charge in [0.1, 0.15) is 5.69 Å². The van der Waals surface area contributed by atoms with E-state index in [-0.39, 0.29) is 5.95 Å². The van der Waals surface area contributed by atoms with Gasteiger partial charge in [0.25, 0.3) is 0 Å². The second kappa shape index (κ2) is 7.95. The van der Waals surface area contributed by atoms with Crippen molar-refractivity contribution in [2.24, 2.45) is 5.92 Å². The molecule has 7 heteroatoms. The van der Waals surface area contributed by atoms with Crippen molar-refractivity contribution < 1.29 is 13.2 Å². The van der Waals surface area contributed by atoms with Crippen LogP contribution in [0.3, 0.4) is 0 Å². The number of likely N-dealkylation sites (tertiary alicyclic amines) is 1. The first-order valence-corrected chi connectivity index (χ1v) is 8.33. The fourth-order valence-electron chi connectivity index (χ4n) is 3.30. The first-order valence-electron chi connectivity index (χ1n) is 8.33. The average molecular weight is 330 g/mol. The topological polar surface area (TPSA) is 41.1 Å². The Kier molecular flexibility index (Phi) is 6.21. The molecule has 0 spiro atoms. The molecule has 1 aliphatic rings. The van der Waals surface area contributed by atoms with Crippen molar-refractivity contribution in [1.82, 2.24) is 14.9 Å². The van der Waals surface area contributed by atoms with E-state index in [1.54, 1.807) is 0 Å². The molecule has 1 saturated heterocycles. The summed E-state index contributed by atoms with van der Waals surface area (Å²) in [4.78, 5) is 9.95. The van der Waals surface area contributed by atoms with Crippen molar-refractivity contribution in [1.29, 1.82) is 0 Å². The van der Waals surface area contributed by atoms with Gasteiger partial charge in [0, 0.05) is 18.8 Å². The second-order valence-electron chi connectivity index (χ2n) is 6.03. The highest BCUT2D eigenvalue weighted by Gasteiger charge is 2.33. The molecule has 1 aromatic rings. The molecule has 1 fully saturated rings. The summed E-state index contributed by atoms with van der Waals surface area (Å²) >= 11 is 0. The fraction of sp³-hybridized carbons (Fsp3) is 0.750. The zero-order chi connectivity index (χ0) is 16.9. The number of alkyl halides is 3. The molecule has 2 heterocycles. The van der Waals surface area contributed by atoms with Gasteiger partial charge in [-0.15, -0.1) is 0 Å². The lowest BCUT2D eigenvalue weighted by atomic mass is 9.93. The highest BCUT2D eigenvalue weighted by Crippen LogP contribution is 2.28. The molecular weight excluding hydrogens is 305 g/mol. The molecule has 0 aliphatic carbocycles. The summed E-state index contributed by atoms with van der Waals surface area (Å²) in [6.45, 7) is 7.03. The summed E-state index contributed by atoms with van der Waals surface area (Å²) in [6.07, 6.45) is 1.21. The standard InChI is InChI=1S/C16H25F3N4/c1-3-12(4-2)13(23-9-5-6-10-23)11-21-15-20-8-7-14(22-15)16(17,18)19/h7-8,12-13H,3-6,9-11H2,1-2H3,(H,20,21,22)/t13-/m0/s1. The average Bonchev–Trinajstić information content (AvgIpc) is 3.05. The van der Waals surface area contributed by atoms with Crippen LogP contribution in [-0.2, 0) is 6.18 Å². The molecule has 1 atom stereocenters. The van der Waals surface area contributed by atoms with Crippen LogP contribution >= 0.6 is 0 Å². The van der Waals surface area contributed by atoms with Gasteiger partial charge in [-0.05, 0) is 37.9 Å². The lowest BCUT2D eigenvalue weighted by molar-refractivity contribution is -0.141. The van der Waals surface area contributed by atoms with E-state index < -0.39 is 11.9 Å². The molecule has 0 bridgehead atoms. The molecule has 0 radical (unpaired) electrons. The first kappa shape index (κ1) is 18.0. The molecule has 0 amide bonds. The van der Waals surface area contributed by atoms with Gasteiger partial charge in [-0.1, -0.05) is 26.7 Å². The molecule has 1 N–H and O–H groups in total. The third-order valence-electron chi connectivity index (χ3n) is 4.62. The van der Waals surface area contributed by atoms with Crippen molar-refractivity contribution >= 4 is 5.95 Å². The number of anilines is 1. The number of rotatable bonds is 7. The molecular formula is C16H25F3N4. The minimum atomic E-state index is -4.44. The van der Waals surface area contributed by atoms with E-state index in [0.717, 1.165) is 38.2 Å². The van der Waals surface area contributed by atoms with E-state index in [4.69, 9.17) is 0 Å². The monoisotopic (exact) mass is 330 g/mol. The minimum Gasteiger partial charge on any atom is -0.353 e. The van der Waals surface area contributed by atoms with E-state index in [1.165, 1.54) is 12.8 Å². The van der Waals surface area contributed by atoms with Gasteiger partial charge in [-0.25, -0.2) is 9.97 Å². The van der Waals surface area contributed by atoms with Gasteiger partial charge < -0.3 is 5.32 Å². The van der Waals surface area contributed by atoms with E-state index in [0.29, 0.717) is 18.5 Å². The van der Waals surface area contributed by atoms with Crippen LogP contribution in [-0.4, -0.2) is 40.5 Å². The third-order valence-corrected chi connectivity index (χ3v) is 4.62. The molecule has 0 unspecified atom stereocenters. The van der Waals surface area contributed by atoms with Crippen molar-refractivity contribution in [3.05, 3.63) is 18.0 Å².